The minimum absolute atomic E-state index is 0.103. The molecular weight excluding hydrogens is 247 g/mol. The number of amides is 1. The second-order valence-electron chi connectivity index (χ2n) is 3.68. The summed E-state index contributed by atoms with van der Waals surface area (Å²) in [5, 5.41) is 1.71. The molecule has 0 unspecified atom stereocenters. The highest BCUT2D eigenvalue weighted by Gasteiger charge is 2.27. The van der Waals surface area contributed by atoms with Crippen LogP contribution in [0.1, 0.15) is 23.2 Å². The third-order valence-electron chi connectivity index (χ3n) is 2.16. The van der Waals surface area contributed by atoms with E-state index < -0.39 is 18.6 Å². The Hall–Kier alpha value is -1.85. The monoisotopic (exact) mass is 259 g/mol. The molecule has 0 saturated carbocycles. The Morgan fingerprint density at radius 3 is 2.22 bits per heavy atom. The zero-order chi connectivity index (χ0) is 13.6. The molecule has 1 aromatic rings. The average molecular weight is 259 g/mol. The first-order chi connectivity index (χ1) is 8.38. The van der Waals surface area contributed by atoms with Gasteiger partial charge < -0.3 is 5.32 Å². The number of hydrogen-bond donors (Lipinski definition) is 1. The summed E-state index contributed by atoms with van der Waals surface area (Å²) in [5.74, 6) is -1.05. The van der Waals surface area contributed by atoms with Gasteiger partial charge in [0.2, 0.25) is 5.91 Å². The van der Waals surface area contributed by atoms with Crippen LogP contribution in [0.2, 0.25) is 0 Å². The Morgan fingerprint density at radius 1 is 1.06 bits per heavy atom. The first-order valence-electron chi connectivity index (χ1n) is 5.30. The second kappa shape index (κ2) is 6.18. The molecule has 6 heteroatoms. The normalized spacial score (nSPS) is 11.1. The molecule has 18 heavy (non-hydrogen) atoms. The van der Waals surface area contributed by atoms with E-state index in [0.29, 0.717) is 5.56 Å². The predicted octanol–water partition coefficient (Wildman–Crippen LogP) is 2.33. The highest BCUT2D eigenvalue weighted by molar-refractivity contribution is 5.97. The molecule has 0 spiro atoms. The van der Waals surface area contributed by atoms with Crippen molar-refractivity contribution in [3.8, 4) is 0 Å². The van der Waals surface area contributed by atoms with Crippen molar-refractivity contribution in [3.63, 3.8) is 0 Å². The van der Waals surface area contributed by atoms with Crippen LogP contribution in [0, 0.1) is 0 Å². The summed E-state index contributed by atoms with van der Waals surface area (Å²) in [6.45, 7) is -1.37. The van der Waals surface area contributed by atoms with Crippen molar-refractivity contribution < 1.29 is 22.8 Å². The molecule has 0 aliphatic carbocycles. The van der Waals surface area contributed by atoms with Crippen LogP contribution in [-0.4, -0.2) is 24.4 Å². The second-order valence-corrected chi connectivity index (χ2v) is 3.68. The lowest BCUT2D eigenvalue weighted by molar-refractivity contribution is -0.138. The predicted molar refractivity (Wildman–Crippen MR) is 59.1 cm³/mol. The van der Waals surface area contributed by atoms with Gasteiger partial charge in [-0.3, -0.25) is 9.59 Å². The van der Waals surface area contributed by atoms with E-state index in [1.807, 2.05) is 0 Å². The first-order valence-corrected chi connectivity index (χ1v) is 5.30. The Kier molecular flexibility index (Phi) is 4.88. The SMILES string of the molecule is O=C(CCC(=O)c1ccccc1)NCC(F)(F)F. The molecule has 0 aliphatic rings. The van der Waals surface area contributed by atoms with Crippen LogP contribution in [-0.2, 0) is 4.79 Å². The van der Waals surface area contributed by atoms with Gasteiger partial charge in [0, 0.05) is 18.4 Å². The fraction of sp³-hybridized carbons (Fsp3) is 0.333. The van der Waals surface area contributed by atoms with Crippen molar-refractivity contribution in [1.29, 1.82) is 0 Å². The zero-order valence-electron chi connectivity index (χ0n) is 9.46. The Balaban J connectivity index is 2.33. The third-order valence-corrected chi connectivity index (χ3v) is 2.16. The van der Waals surface area contributed by atoms with Gasteiger partial charge in [-0.1, -0.05) is 30.3 Å². The van der Waals surface area contributed by atoms with E-state index in [0.717, 1.165) is 0 Å². The Labute approximate surface area is 102 Å². The van der Waals surface area contributed by atoms with E-state index >= 15 is 0 Å². The summed E-state index contributed by atoms with van der Waals surface area (Å²) in [7, 11) is 0. The Morgan fingerprint density at radius 2 is 1.67 bits per heavy atom. The van der Waals surface area contributed by atoms with Crippen molar-refractivity contribution in [2.45, 2.75) is 19.0 Å². The fourth-order valence-corrected chi connectivity index (χ4v) is 1.28. The molecule has 0 aromatic heterocycles. The van der Waals surface area contributed by atoms with Gasteiger partial charge in [0.05, 0.1) is 0 Å². The van der Waals surface area contributed by atoms with E-state index in [2.05, 4.69) is 0 Å². The maximum absolute atomic E-state index is 11.8. The minimum Gasteiger partial charge on any atom is -0.347 e. The van der Waals surface area contributed by atoms with E-state index in [1.165, 1.54) is 0 Å². The van der Waals surface area contributed by atoms with Crippen LogP contribution in [0.5, 0.6) is 0 Å². The van der Waals surface area contributed by atoms with Crippen molar-refractivity contribution in [3.05, 3.63) is 35.9 Å². The van der Waals surface area contributed by atoms with Crippen molar-refractivity contribution in [2.24, 2.45) is 0 Å². The van der Waals surface area contributed by atoms with E-state index in [9.17, 15) is 22.8 Å². The molecule has 1 rings (SSSR count). The van der Waals surface area contributed by atoms with E-state index in [1.54, 1.807) is 35.6 Å². The summed E-state index contributed by atoms with van der Waals surface area (Å²) in [6.07, 6.45) is -4.78. The maximum Gasteiger partial charge on any atom is 0.405 e. The molecule has 98 valence electrons. The maximum atomic E-state index is 11.8. The van der Waals surface area contributed by atoms with Crippen LogP contribution in [0.4, 0.5) is 13.2 Å². The molecule has 0 aliphatic heterocycles. The van der Waals surface area contributed by atoms with Crippen LogP contribution in [0.15, 0.2) is 30.3 Å². The molecule has 0 saturated heterocycles. The number of ketones is 1. The van der Waals surface area contributed by atoms with Crippen LogP contribution in [0.3, 0.4) is 0 Å². The molecule has 0 heterocycles. The van der Waals surface area contributed by atoms with Gasteiger partial charge in [-0.15, -0.1) is 0 Å². The fourth-order valence-electron chi connectivity index (χ4n) is 1.28. The zero-order valence-corrected chi connectivity index (χ0v) is 9.46. The van der Waals surface area contributed by atoms with Crippen molar-refractivity contribution >= 4 is 11.7 Å². The smallest absolute Gasteiger partial charge is 0.347 e. The number of halogens is 3. The topological polar surface area (TPSA) is 46.2 Å². The van der Waals surface area contributed by atoms with Gasteiger partial charge >= 0.3 is 6.18 Å². The van der Waals surface area contributed by atoms with Crippen molar-refractivity contribution in [1.82, 2.24) is 5.32 Å². The molecule has 0 fully saturated rings. The van der Waals surface area contributed by atoms with Crippen LogP contribution in [0.25, 0.3) is 0 Å². The summed E-state index contributed by atoms with van der Waals surface area (Å²) in [5.41, 5.74) is 0.445. The number of rotatable bonds is 5. The largest absolute Gasteiger partial charge is 0.405 e. The highest BCUT2D eigenvalue weighted by atomic mass is 19.4. The molecule has 0 atom stereocenters. The number of benzene rings is 1. The van der Waals surface area contributed by atoms with Gasteiger partial charge in [0.1, 0.15) is 6.54 Å². The lowest BCUT2D eigenvalue weighted by Crippen LogP contribution is -2.33. The number of nitrogens with one attached hydrogen (secondary N) is 1. The van der Waals surface area contributed by atoms with Gasteiger partial charge in [0.15, 0.2) is 5.78 Å². The summed E-state index contributed by atoms with van der Waals surface area (Å²) in [4.78, 5) is 22.6. The third kappa shape index (κ3) is 5.47. The van der Waals surface area contributed by atoms with Gasteiger partial charge in [-0.2, -0.15) is 13.2 Å². The summed E-state index contributed by atoms with van der Waals surface area (Å²) in [6, 6.07) is 8.28. The Bertz CT molecular complexity index is 415. The van der Waals surface area contributed by atoms with Gasteiger partial charge in [-0.25, -0.2) is 0 Å². The molecule has 1 N–H and O–H groups in total. The standard InChI is InChI=1S/C12H12F3NO2/c13-12(14,15)8-16-11(18)7-6-10(17)9-4-2-1-3-5-9/h1-5H,6-8H2,(H,16,18). The van der Waals surface area contributed by atoms with E-state index in [4.69, 9.17) is 0 Å². The highest BCUT2D eigenvalue weighted by Crippen LogP contribution is 2.12. The minimum atomic E-state index is -4.43. The molecule has 0 bridgehead atoms. The quantitative estimate of drug-likeness (QED) is 0.825. The number of carbonyl (C=O) groups is 2. The number of alkyl halides is 3. The number of hydrogen-bond acceptors (Lipinski definition) is 2. The summed E-state index contributed by atoms with van der Waals surface area (Å²) < 4.78 is 35.4. The molecule has 3 nitrogen and oxygen atoms in total. The summed E-state index contributed by atoms with van der Waals surface area (Å²) >= 11 is 0. The molecular formula is C12H12F3NO2. The van der Waals surface area contributed by atoms with Crippen molar-refractivity contribution in [2.75, 3.05) is 6.54 Å². The van der Waals surface area contributed by atoms with Crippen LogP contribution < -0.4 is 5.32 Å². The lowest BCUT2D eigenvalue weighted by atomic mass is 10.1. The molecule has 0 radical (unpaired) electrons. The molecule has 1 aromatic carbocycles. The lowest BCUT2D eigenvalue weighted by Gasteiger charge is -2.07. The number of carbonyl (C=O) groups excluding carboxylic acids is 2. The average Bonchev–Trinajstić information content (AvgIpc) is 2.33. The number of Topliss-reactive ketones (excluding diaryl/α,β-unsaturated/α-hetero) is 1. The van der Waals surface area contributed by atoms with Gasteiger partial charge in [-0.05, 0) is 0 Å². The molecule has 1 amide bonds. The van der Waals surface area contributed by atoms with Crippen LogP contribution >= 0.6 is 0 Å². The van der Waals surface area contributed by atoms with Gasteiger partial charge in [0.25, 0.3) is 0 Å². The first kappa shape index (κ1) is 14.2. The van der Waals surface area contributed by atoms with E-state index in [-0.39, 0.29) is 18.6 Å².